The lowest BCUT2D eigenvalue weighted by Gasteiger charge is -2.26. The second-order valence-corrected chi connectivity index (χ2v) is 5.30. The van der Waals surface area contributed by atoms with E-state index in [1.165, 1.54) is 6.42 Å². The third-order valence-corrected chi connectivity index (χ3v) is 3.67. The standard InChI is InChI=1S/C14H25N3O2/c1-4-5-7-15-13-16-12(2)9-17(13)10-14(18-3)6-8-19-11-14/h9H,4-8,10-11H2,1-3H3,(H,15,16). The van der Waals surface area contributed by atoms with Gasteiger partial charge in [0, 0.05) is 32.9 Å². The first-order chi connectivity index (χ1) is 9.19. The third kappa shape index (κ3) is 3.48. The molecule has 2 heterocycles. The molecule has 1 fully saturated rings. The number of aryl methyl sites for hydroxylation is 1. The van der Waals surface area contributed by atoms with Crippen molar-refractivity contribution in [1.82, 2.24) is 9.55 Å². The fourth-order valence-corrected chi connectivity index (χ4v) is 2.43. The number of rotatable bonds is 7. The zero-order valence-corrected chi connectivity index (χ0v) is 12.2. The Kier molecular flexibility index (Phi) is 4.82. The summed E-state index contributed by atoms with van der Waals surface area (Å²) in [5.41, 5.74) is 0.832. The molecule has 1 aromatic rings. The molecule has 1 saturated heterocycles. The lowest BCUT2D eigenvalue weighted by molar-refractivity contribution is -0.0291. The quantitative estimate of drug-likeness (QED) is 0.770. The van der Waals surface area contributed by atoms with Crippen molar-refractivity contribution >= 4 is 5.95 Å². The average molecular weight is 267 g/mol. The van der Waals surface area contributed by atoms with Gasteiger partial charge in [0.25, 0.3) is 0 Å². The Balaban J connectivity index is 2.06. The maximum Gasteiger partial charge on any atom is 0.203 e. The van der Waals surface area contributed by atoms with E-state index in [0.29, 0.717) is 6.61 Å². The van der Waals surface area contributed by atoms with Gasteiger partial charge < -0.3 is 19.4 Å². The molecule has 0 aliphatic carbocycles. The highest BCUT2D eigenvalue weighted by Gasteiger charge is 2.36. The van der Waals surface area contributed by atoms with E-state index in [-0.39, 0.29) is 5.60 Å². The van der Waals surface area contributed by atoms with Gasteiger partial charge >= 0.3 is 0 Å². The van der Waals surface area contributed by atoms with Gasteiger partial charge in [0.05, 0.1) is 18.8 Å². The summed E-state index contributed by atoms with van der Waals surface area (Å²) in [7, 11) is 1.77. The highest BCUT2D eigenvalue weighted by molar-refractivity contribution is 5.29. The zero-order chi connectivity index (χ0) is 13.7. The van der Waals surface area contributed by atoms with Crippen LogP contribution < -0.4 is 5.32 Å². The van der Waals surface area contributed by atoms with Crippen molar-refractivity contribution in [3.8, 4) is 0 Å². The summed E-state index contributed by atoms with van der Waals surface area (Å²) >= 11 is 0. The van der Waals surface area contributed by atoms with Crippen molar-refractivity contribution in [1.29, 1.82) is 0 Å². The van der Waals surface area contributed by atoms with Crippen LogP contribution in [0.2, 0.25) is 0 Å². The van der Waals surface area contributed by atoms with Gasteiger partial charge in [0.1, 0.15) is 5.60 Å². The second kappa shape index (κ2) is 6.39. The van der Waals surface area contributed by atoms with E-state index >= 15 is 0 Å². The van der Waals surface area contributed by atoms with Gasteiger partial charge in [-0.05, 0) is 13.3 Å². The SMILES string of the molecule is CCCCNc1nc(C)cn1CC1(OC)CCOC1. The maximum absolute atomic E-state index is 5.69. The predicted octanol–water partition coefficient (Wildman–Crippen LogP) is 2.21. The molecule has 5 nitrogen and oxygen atoms in total. The largest absolute Gasteiger partial charge is 0.378 e. The van der Waals surface area contributed by atoms with Crippen LogP contribution in [0.4, 0.5) is 5.95 Å². The van der Waals surface area contributed by atoms with E-state index in [1.54, 1.807) is 7.11 Å². The van der Waals surface area contributed by atoms with E-state index in [2.05, 4.69) is 28.0 Å². The van der Waals surface area contributed by atoms with Crippen molar-refractivity contribution in [3.63, 3.8) is 0 Å². The first-order valence-corrected chi connectivity index (χ1v) is 7.09. The lowest BCUT2D eigenvalue weighted by atomic mass is 10.0. The molecule has 1 N–H and O–H groups in total. The third-order valence-electron chi connectivity index (χ3n) is 3.67. The Morgan fingerprint density at radius 3 is 3.05 bits per heavy atom. The number of anilines is 1. The van der Waals surface area contributed by atoms with Crippen LogP contribution in [0, 0.1) is 6.92 Å². The second-order valence-electron chi connectivity index (χ2n) is 5.30. The van der Waals surface area contributed by atoms with Crippen LogP contribution in [-0.2, 0) is 16.0 Å². The molecule has 0 saturated carbocycles. The molecule has 19 heavy (non-hydrogen) atoms. The number of aromatic nitrogens is 2. The molecule has 0 aromatic carbocycles. The summed E-state index contributed by atoms with van der Waals surface area (Å²) in [4.78, 5) is 4.55. The highest BCUT2D eigenvalue weighted by Crippen LogP contribution is 2.26. The van der Waals surface area contributed by atoms with Gasteiger partial charge in [-0.25, -0.2) is 4.98 Å². The van der Waals surface area contributed by atoms with E-state index in [4.69, 9.17) is 9.47 Å². The number of nitrogens with one attached hydrogen (secondary N) is 1. The summed E-state index contributed by atoms with van der Waals surface area (Å²) in [5.74, 6) is 0.939. The number of ether oxygens (including phenoxy) is 2. The van der Waals surface area contributed by atoms with E-state index in [1.807, 2.05) is 6.92 Å². The van der Waals surface area contributed by atoms with Crippen LogP contribution in [0.15, 0.2) is 6.20 Å². The molecular formula is C14H25N3O2. The molecule has 0 radical (unpaired) electrons. The van der Waals surface area contributed by atoms with Gasteiger partial charge in [0.2, 0.25) is 5.95 Å². The Labute approximate surface area is 115 Å². The van der Waals surface area contributed by atoms with Crippen molar-refractivity contribution in [3.05, 3.63) is 11.9 Å². The van der Waals surface area contributed by atoms with Gasteiger partial charge in [0.15, 0.2) is 0 Å². The minimum Gasteiger partial charge on any atom is -0.378 e. The number of nitrogens with zero attached hydrogens (tertiary/aromatic N) is 2. The average Bonchev–Trinajstić information content (AvgIpc) is 2.99. The number of hydrogen-bond donors (Lipinski definition) is 1. The monoisotopic (exact) mass is 267 g/mol. The molecule has 1 atom stereocenters. The van der Waals surface area contributed by atoms with Gasteiger partial charge in [-0.1, -0.05) is 13.3 Å². The van der Waals surface area contributed by atoms with Crippen molar-refractivity contribution in [2.45, 2.75) is 45.3 Å². The highest BCUT2D eigenvalue weighted by atomic mass is 16.5. The summed E-state index contributed by atoms with van der Waals surface area (Å²) in [6, 6.07) is 0. The molecule has 0 amide bonds. The number of hydrogen-bond acceptors (Lipinski definition) is 4. The van der Waals surface area contributed by atoms with Gasteiger partial charge in [-0.3, -0.25) is 0 Å². The molecule has 1 unspecified atom stereocenters. The van der Waals surface area contributed by atoms with Crippen molar-refractivity contribution in [2.75, 3.05) is 32.2 Å². The molecule has 108 valence electrons. The molecule has 2 rings (SSSR count). The van der Waals surface area contributed by atoms with Crippen molar-refractivity contribution < 1.29 is 9.47 Å². The van der Waals surface area contributed by atoms with Crippen LogP contribution >= 0.6 is 0 Å². The molecule has 1 aliphatic rings. The number of imidazole rings is 1. The lowest BCUT2D eigenvalue weighted by Crippen LogP contribution is -2.37. The predicted molar refractivity (Wildman–Crippen MR) is 75.5 cm³/mol. The van der Waals surface area contributed by atoms with Crippen LogP contribution in [-0.4, -0.2) is 42.0 Å². The smallest absolute Gasteiger partial charge is 0.203 e. The minimum atomic E-state index is -0.200. The summed E-state index contributed by atoms with van der Waals surface area (Å²) < 4.78 is 13.3. The first-order valence-electron chi connectivity index (χ1n) is 7.09. The molecule has 0 bridgehead atoms. The number of methoxy groups -OCH3 is 1. The molecule has 1 aliphatic heterocycles. The Morgan fingerprint density at radius 1 is 1.58 bits per heavy atom. The van der Waals surface area contributed by atoms with Gasteiger partial charge in [-0.15, -0.1) is 0 Å². The Morgan fingerprint density at radius 2 is 2.42 bits per heavy atom. The van der Waals surface area contributed by atoms with Crippen LogP contribution in [0.25, 0.3) is 0 Å². The fourth-order valence-electron chi connectivity index (χ4n) is 2.43. The maximum atomic E-state index is 5.69. The van der Waals surface area contributed by atoms with Crippen LogP contribution in [0.3, 0.4) is 0 Å². The minimum absolute atomic E-state index is 0.200. The van der Waals surface area contributed by atoms with E-state index in [0.717, 1.165) is 44.2 Å². The summed E-state index contributed by atoms with van der Waals surface area (Å²) in [6.07, 6.45) is 5.36. The first kappa shape index (κ1) is 14.3. The molecule has 0 spiro atoms. The molecule has 1 aromatic heterocycles. The molecule has 5 heteroatoms. The summed E-state index contributed by atoms with van der Waals surface area (Å²) in [6.45, 7) is 7.40. The zero-order valence-electron chi connectivity index (χ0n) is 12.2. The number of unbranched alkanes of at least 4 members (excludes halogenated alkanes) is 1. The van der Waals surface area contributed by atoms with Crippen LogP contribution in [0.5, 0.6) is 0 Å². The van der Waals surface area contributed by atoms with Crippen molar-refractivity contribution in [2.24, 2.45) is 0 Å². The van der Waals surface area contributed by atoms with Gasteiger partial charge in [-0.2, -0.15) is 0 Å². The fraction of sp³-hybridized carbons (Fsp3) is 0.786. The molecular weight excluding hydrogens is 242 g/mol. The Bertz CT molecular complexity index is 397. The van der Waals surface area contributed by atoms with Crippen LogP contribution in [0.1, 0.15) is 31.9 Å². The normalized spacial score (nSPS) is 22.9. The Hall–Kier alpha value is -1.07. The topological polar surface area (TPSA) is 48.3 Å². The summed E-state index contributed by atoms with van der Waals surface area (Å²) in [5, 5.41) is 3.41. The van der Waals surface area contributed by atoms with E-state index in [9.17, 15) is 0 Å². The van der Waals surface area contributed by atoms with E-state index < -0.39 is 0 Å².